The number of guanidine groups is 1. The zero-order valence-electron chi connectivity index (χ0n) is 17.7. The molecule has 166 valence electrons. The van der Waals surface area contributed by atoms with Crippen molar-refractivity contribution in [2.75, 3.05) is 13.6 Å². The highest BCUT2D eigenvalue weighted by Crippen LogP contribution is 2.17. The molecule has 3 N–H and O–H groups in total. The van der Waals surface area contributed by atoms with Gasteiger partial charge in [-0.25, -0.2) is 17.5 Å². The highest BCUT2D eigenvalue weighted by molar-refractivity contribution is 14.0. The molecule has 0 aliphatic rings. The Hall–Kier alpha value is -1.72. The molecule has 2 aromatic carbocycles. The second kappa shape index (κ2) is 11.6. The largest absolute Gasteiger partial charge is 0.356 e. The lowest BCUT2D eigenvalue weighted by molar-refractivity contribution is 0.491. The van der Waals surface area contributed by atoms with Crippen LogP contribution in [0.4, 0.5) is 4.39 Å². The summed E-state index contributed by atoms with van der Waals surface area (Å²) < 4.78 is 41.8. The fourth-order valence-electron chi connectivity index (χ4n) is 2.79. The lowest BCUT2D eigenvalue weighted by Crippen LogP contribution is -2.41. The van der Waals surface area contributed by atoms with E-state index in [0.717, 1.165) is 0 Å². The van der Waals surface area contributed by atoms with Crippen molar-refractivity contribution in [2.24, 2.45) is 4.99 Å². The summed E-state index contributed by atoms with van der Waals surface area (Å²) in [5.41, 5.74) is 0.672. The standard InChI is InChI=1S/C21H29FN4O2S.HI/c1-21(2,3)26-29(27,28)19-12-8-6-10-17(19)15-25-20(23-4)24-14-13-16-9-5-7-11-18(16)22;/h5-12,26H,13-15H2,1-4H3,(H2,23,24,25);1H. The van der Waals surface area contributed by atoms with Gasteiger partial charge >= 0.3 is 0 Å². The van der Waals surface area contributed by atoms with E-state index >= 15 is 0 Å². The molecule has 9 heteroatoms. The van der Waals surface area contributed by atoms with Gasteiger partial charge in [-0.15, -0.1) is 24.0 Å². The summed E-state index contributed by atoms with van der Waals surface area (Å²) in [5.74, 6) is 0.278. The Morgan fingerprint density at radius 1 is 1.00 bits per heavy atom. The summed E-state index contributed by atoms with van der Waals surface area (Å²) >= 11 is 0. The number of hydrogen-bond donors (Lipinski definition) is 3. The van der Waals surface area contributed by atoms with Crippen molar-refractivity contribution < 1.29 is 12.8 Å². The summed E-state index contributed by atoms with van der Waals surface area (Å²) in [7, 11) is -2.03. The summed E-state index contributed by atoms with van der Waals surface area (Å²) in [6, 6.07) is 13.5. The molecule has 0 unspecified atom stereocenters. The molecule has 30 heavy (non-hydrogen) atoms. The number of halogens is 2. The summed E-state index contributed by atoms with van der Waals surface area (Å²) in [5, 5.41) is 6.23. The first kappa shape index (κ1) is 26.3. The number of nitrogens with zero attached hydrogens (tertiary/aromatic N) is 1. The maximum absolute atomic E-state index is 13.7. The molecule has 0 fully saturated rings. The third-order valence-corrected chi connectivity index (χ3v) is 5.88. The highest BCUT2D eigenvalue weighted by Gasteiger charge is 2.24. The van der Waals surface area contributed by atoms with Crippen LogP contribution in [0.25, 0.3) is 0 Å². The molecule has 0 bridgehead atoms. The smallest absolute Gasteiger partial charge is 0.241 e. The Morgan fingerprint density at radius 3 is 2.20 bits per heavy atom. The van der Waals surface area contributed by atoms with Crippen LogP contribution in [0.5, 0.6) is 0 Å². The van der Waals surface area contributed by atoms with Crippen molar-refractivity contribution >= 4 is 40.0 Å². The normalized spacial score (nSPS) is 12.2. The van der Waals surface area contributed by atoms with Gasteiger partial charge < -0.3 is 10.6 Å². The fourth-order valence-corrected chi connectivity index (χ4v) is 4.45. The molecule has 0 aromatic heterocycles. The lowest BCUT2D eigenvalue weighted by atomic mass is 10.1. The molecule has 0 radical (unpaired) electrons. The first-order chi connectivity index (χ1) is 13.6. The average molecular weight is 548 g/mol. The molecule has 0 saturated heterocycles. The van der Waals surface area contributed by atoms with E-state index in [1.165, 1.54) is 6.07 Å². The lowest BCUT2D eigenvalue weighted by Gasteiger charge is -2.22. The number of aliphatic imine (C=N–C) groups is 1. The fraction of sp³-hybridized carbons (Fsp3) is 0.381. The van der Waals surface area contributed by atoms with E-state index in [1.807, 2.05) is 0 Å². The maximum atomic E-state index is 13.7. The van der Waals surface area contributed by atoms with Gasteiger partial charge in [0.05, 0.1) is 4.90 Å². The maximum Gasteiger partial charge on any atom is 0.241 e. The van der Waals surface area contributed by atoms with Gasteiger partial charge in [-0.2, -0.15) is 0 Å². The van der Waals surface area contributed by atoms with Gasteiger partial charge in [-0.05, 0) is 50.5 Å². The van der Waals surface area contributed by atoms with Crippen molar-refractivity contribution in [3.05, 3.63) is 65.5 Å². The molecule has 0 amide bonds. The quantitative estimate of drug-likeness (QED) is 0.282. The Morgan fingerprint density at radius 2 is 1.60 bits per heavy atom. The molecule has 0 aliphatic heterocycles. The predicted molar refractivity (Wildman–Crippen MR) is 130 cm³/mol. The van der Waals surface area contributed by atoms with Gasteiger partial charge in [-0.3, -0.25) is 4.99 Å². The van der Waals surface area contributed by atoms with E-state index in [2.05, 4.69) is 20.3 Å². The Labute approximate surface area is 195 Å². The van der Waals surface area contributed by atoms with Gasteiger partial charge in [0.25, 0.3) is 0 Å². The monoisotopic (exact) mass is 548 g/mol. The second-order valence-corrected chi connectivity index (χ2v) is 9.31. The van der Waals surface area contributed by atoms with Crippen LogP contribution in [0.2, 0.25) is 0 Å². The number of hydrogen-bond acceptors (Lipinski definition) is 3. The Kier molecular flexibility index (Phi) is 10.2. The number of sulfonamides is 1. The molecule has 2 rings (SSSR count). The van der Waals surface area contributed by atoms with Crippen LogP contribution in [-0.2, 0) is 23.0 Å². The number of benzene rings is 2. The summed E-state index contributed by atoms with van der Waals surface area (Å²) in [6.07, 6.45) is 0.508. The molecule has 0 aliphatic carbocycles. The highest BCUT2D eigenvalue weighted by atomic mass is 127. The third-order valence-electron chi connectivity index (χ3n) is 4.02. The van der Waals surface area contributed by atoms with Gasteiger partial charge in [0.2, 0.25) is 10.0 Å². The SMILES string of the molecule is CN=C(NCCc1ccccc1F)NCc1ccccc1S(=O)(=O)NC(C)(C)C.I. The van der Waals surface area contributed by atoms with Crippen molar-refractivity contribution in [1.82, 2.24) is 15.4 Å². The van der Waals surface area contributed by atoms with Crippen LogP contribution in [0, 0.1) is 5.82 Å². The minimum absolute atomic E-state index is 0. The molecular formula is C21H30FIN4O2S. The molecule has 0 spiro atoms. The summed E-state index contributed by atoms with van der Waals surface area (Å²) in [4.78, 5) is 4.37. The van der Waals surface area contributed by atoms with E-state index in [1.54, 1.807) is 70.3 Å². The minimum Gasteiger partial charge on any atom is -0.356 e. The number of nitrogens with one attached hydrogen (secondary N) is 3. The van der Waals surface area contributed by atoms with Gasteiger partial charge in [-0.1, -0.05) is 36.4 Å². The van der Waals surface area contributed by atoms with Gasteiger partial charge in [0.15, 0.2) is 5.96 Å². The van der Waals surface area contributed by atoms with Crippen molar-refractivity contribution in [1.29, 1.82) is 0 Å². The van der Waals surface area contributed by atoms with E-state index in [9.17, 15) is 12.8 Å². The van der Waals surface area contributed by atoms with Crippen LogP contribution in [0.3, 0.4) is 0 Å². The first-order valence-electron chi connectivity index (χ1n) is 9.42. The van der Waals surface area contributed by atoms with Crippen LogP contribution in [-0.4, -0.2) is 33.5 Å². The van der Waals surface area contributed by atoms with Crippen LogP contribution in [0.1, 0.15) is 31.9 Å². The molecule has 2 aromatic rings. The third kappa shape index (κ3) is 8.19. The topological polar surface area (TPSA) is 82.6 Å². The number of rotatable bonds is 7. The summed E-state index contributed by atoms with van der Waals surface area (Å²) in [6.45, 7) is 6.17. The van der Waals surface area contributed by atoms with Crippen LogP contribution >= 0.6 is 24.0 Å². The van der Waals surface area contributed by atoms with E-state index in [0.29, 0.717) is 30.1 Å². The molecular weight excluding hydrogens is 518 g/mol. The Bertz CT molecular complexity index is 959. The molecule has 0 saturated carbocycles. The van der Waals surface area contributed by atoms with Crippen molar-refractivity contribution in [3.8, 4) is 0 Å². The van der Waals surface area contributed by atoms with Crippen molar-refractivity contribution in [3.63, 3.8) is 0 Å². The van der Waals surface area contributed by atoms with Gasteiger partial charge in [0, 0.05) is 25.7 Å². The molecule has 0 atom stereocenters. The van der Waals surface area contributed by atoms with E-state index < -0.39 is 15.6 Å². The zero-order valence-corrected chi connectivity index (χ0v) is 20.8. The van der Waals surface area contributed by atoms with E-state index in [4.69, 9.17) is 0 Å². The molecule has 0 heterocycles. The minimum atomic E-state index is -3.65. The zero-order chi connectivity index (χ0) is 21.5. The van der Waals surface area contributed by atoms with Crippen LogP contribution in [0.15, 0.2) is 58.4 Å². The Balaban J connectivity index is 0.00000450. The van der Waals surface area contributed by atoms with E-state index in [-0.39, 0.29) is 41.2 Å². The predicted octanol–water partition coefficient (Wildman–Crippen LogP) is 3.43. The average Bonchev–Trinajstić information content (AvgIpc) is 2.64. The van der Waals surface area contributed by atoms with Crippen LogP contribution < -0.4 is 15.4 Å². The van der Waals surface area contributed by atoms with Gasteiger partial charge in [0.1, 0.15) is 5.82 Å². The first-order valence-corrected chi connectivity index (χ1v) is 10.9. The van der Waals surface area contributed by atoms with Crippen molar-refractivity contribution in [2.45, 2.75) is 44.2 Å². The second-order valence-electron chi connectivity index (χ2n) is 7.66. The molecule has 6 nitrogen and oxygen atoms in total.